The summed E-state index contributed by atoms with van der Waals surface area (Å²) in [5.41, 5.74) is 5.51. The molecule has 0 aliphatic heterocycles. The van der Waals surface area contributed by atoms with Crippen molar-refractivity contribution >= 4 is 34.8 Å². The summed E-state index contributed by atoms with van der Waals surface area (Å²) in [6.45, 7) is 7.97. The van der Waals surface area contributed by atoms with Gasteiger partial charge in [0.2, 0.25) is 5.91 Å². The van der Waals surface area contributed by atoms with Crippen LogP contribution in [0, 0.1) is 0 Å². The van der Waals surface area contributed by atoms with Gasteiger partial charge in [-0.3, -0.25) is 4.79 Å². The summed E-state index contributed by atoms with van der Waals surface area (Å²) >= 11 is 1.49. The summed E-state index contributed by atoms with van der Waals surface area (Å²) in [7, 11) is 0. The largest absolute Gasteiger partial charge is 0.320 e. The van der Waals surface area contributed by atoms with Crippen molar-refractivity contribution in [3.05, 3.63) is 11.1 Å². The Morgan fingerprint density at radius 2 is 2.12 bits per heavy atom. The Bertz CT molecular complexity index is 357. The van der Waals surface area contributed by atoms with E-state index >= 15 is 0 Å². The fourth-order valence-corrected chi connectivity index (χ4v) is 1.77. The van der Waals surface area contributed by atoms with Crippen LogP contribution in [-0.4, -0.2) is 16.9 Å². The molecule has 1 aromatic heterocycles. The highest BCUT2D eigenvalue weighted by Gasteiger charge is 2.18. The minimum atomic E-state index is -0.507. The van der Waals surface area contributed by atoms with Crippen LogP contribution in [0.3, 0.4) is 0 Å². The van der Waals surface area contributed by atoms with Crippen molar-refractivity contribution < 1.29 is 4.79 Å². The summed E-state index contributed by atoms with van der Waals surface area (Å²) in [5.74, 6) is -0.204. The third-order valence-corrected chi connectivity index (χ3v) is 3.23. The van der Waals surface area contributed by atoms with Crippen molar-refractivity contribution in [3.63, 3.8) is 0 Å². The minimum Gasteiger partial charge on any atom is -0.320 e. The monoisotopic (exact) mass is 263 g/mol. The molecule has 4 nitrogen and oxygen atoms in total. The molecule has 1 atom stereocenters. The lowest BCUT2D eigenvalue weighted by Crippen LogP contribution is -2.32. The lowest BCUT2D eigenvalue weighted by molar-refractivity contribution is -0.117. The molecule has 1 heterocycles. The van der Waals surface area contributed by atoms with Crippen molar-refractivity contribution in [2.75, 3.05) is 5.32 Å². The number of nitrogens with one attached hydrogen (secondary N) is 1. The van der Waals surface area contributed by atoms with E-state index in [0.717, 1.165) is 4.88 Å². The number of nitrogens with zero attached hydrogens (tertiary/aromatic N) is 1. The molecule has 1 unspecified atom stereocenters. The van der Waals surface area contributed by atoms with Crippen molar-refractivity contribution in [3.8, 4) is 0 Å². The second-order valence-corrected chi connectivity index (χ2v) is 5.59. The molecule has 1 aromatic rings. The van der Waals surface area contributed by atoms with Crippen LogP contribution in [0.5, 0.6) is 0 Å². The summed E-state index contributed by atoms with van der Waals surface area (Å²) < 4.78 is 0. The van der Waals surface area contributed by atoms with Gasteiger partial charge < -0.3 is 11.1 Å². The second-order valence-electron chi connectivity index (χ2n) is 4.56. The summed E-state index contributed by atoms with van der Waals surface area (Å²) in [6.07, 6.45) is 1.79. The zero-order chi connectivity index (χ0) is 11.6. The van der Waals surface area contributed by atoms with Crippen LogP contribution in [0.4, 0.5) is 5.13 Å². The molecule has 6 heteroatoms. The maximum atomic E-state index is 11.3. The number of hydrogen-bond acceptors (Lipinski definition) is 4. The van der Waals surface area contributed by atoms with Crippen molar-refractivity contribution in [2.45, 2.75) is 39.2 Å². The smallest absolute Gasteiger partial charge is 0.242 e. The zero-order valence-corrected chi connectivity index (χ0v) is 11.5. The van der Waals surface area contributed by atoms with Gasteiger partial charge in [-0.1, -0.05) is 20.8 Å². The summed E-state index contributed by atoms with van der Waals surface area (Å²) in [6, 6.07) is -0.507. The molecule has 3 N–H and O–H groups in total. The van der Waals surface area contributed by atoms with Gasteiger partial charge in [0, 0.05) is 11.1 Å². The third kappa shape index (κ3) is 4.08. The molecule has 92 valence electrons. The first kappa shape index (κ1) is 15.3. The molecular weight excluding hydrogens is 246 g/mol. The Morgan fingerprint density at radius 3 is 2.50 bits per heavy atom. The first-order valence-corrected chi connectivity index (χ1v) is 5.65. The molecule has 0 saturated carbocycles. The molecule has 1 amide bonds. The van der Waals surface area contributed by atoms with Crippen LogP contribution in [0.15, 0.2) is 6.20 Å². The molecular formula is C10H18ClN3OS. The Kier molecular flexibility index (Phi) is 5.38. The Hall–Kier alpha value is -0.650. The van der Waals surface area contributed by atoms with Crippen molar-refractivity contribution in [1.29, 1.82) is 0 Å². The van der Waals surface area contributed by atoms with Gasteiger partial charge in [0.1, 0.15) is 0 Å². The normalized spacial score (nSPS) is 12.8. The van der Waals surface area contributed by atoms with Crippen molar-refractivity contribution in [2.24, 2.45) is 5.73 Å². The molecule has 0 fully saturated rings. The average molecular weight is 264 g/mol. The van der Waals surface area contributed by atoms with Gasteiger partial charge in [-0.15, -0.1) is 23.7 Å². The third-order valence-electron chi connectivity index (χ3n) is 1.89. The van der Waals surface area contributed by atoms with Crippen LogP contribution < -0.4 is 11.1 Å². The number of nitrogens with two attached hydrogens (primary N) is 1. The molecule has 16 heavy (non-hydrogen) atoms. The van der Waals surface area contributed by atoms with Crippen molar-refractivity contribution in [1.82, 2.24) is 4.98 Å². The van der Waals surface area contributed by atoms with E-state index in [1.165, 1.54) is 11.3 Å². The number of halogens is 1. The molecule has 0 radical (unpaired) electrons. The quantitative estimate of drug-likeness (QED) is 0.859. The number of amides is 1. The van der Waals surface area contributed by atoms with E-state index in [4.69, 9.17) is 5.73 Å². The number of rotatable bonds is 2. The topological polar surface area (TPSA) is 68.0 Å². The molecule has 0 aliphatic rings. The van der Waals surface area contributed by atoms with E-state index in [9.17, 15) is 4.79 Å². The van der Waals surface area contributed by atoms with Gasteiger partial charge in [0.15, 0.2) is 5.13 Å². The lowest BCUT2D eigenvalue weighted by Gasteiger charge is -2.14. The Morgan fingerprint density at radius 1 is 1.56 bits per heavy atom. The fraction of sp³-hybridized carbons (Fsp3) is 0.600. The van der Waals surface area contributed by atoms with Crippen LogP contribution in [0.2, 0.25) is 0 Å². The highest BCUT2D eigenvalue weighted by atomic mass is 35.5. The molecule has 0 aliphatic carbocycles. The molecule has 0 bridgehead atoms. The summed E-state index contributed by atoms with van der Waals surface area (Å²) in [4.78, 5) is 16.6. The van der Waals surface area contributed by atoms with E-state index < -0.39 is 6.04 Å². The van der Waals surface area contributed by atoms with E-state index in [2.05, 4.69) is 31.1 Å². The number of thiazole rings is 1. The number of carbonyl (C=O) groups is 1. The van der Waals surface area contributed by atoms with Crippen LogP contribution in [-0.2, 0) is 10.2 Å². The number of aromatic nitrogens is 1. The van der Waals surface area contributed by atoms with Gasteiger partial charge in [-0.05, 0) is 12.3 Å². The Balaban J connectivity index is 0.00000225. The van der Waals surface area contributed by atoms with Gasteiger partial charge in [0.05, 0.1) is 6.04 Å². The predicted molar refractivity (Wildman–Crippen MR) is 70.3 cm³/mol. The standard InChI is InChI=1S/C10H17N3OS.ClH/c1-6(11)8(14)13-9-12-5-7(15-9)10(2,3)4;/h5-6H,11H2,1-4H3,(H,12,13,14);1H. The molecule has 0 aromatic carbocycles. The van der Waals surface area contributed by atoms with Crippen LogP contribution in [0.1, 0.15) is 32.6 Å². The van der Waals surface area contributed by atoms with E-state index in [0.29, 0.717) is 5.13 Å². The highest BCUT2D eigenvalue weighted by molar-refractivity contribution is 7.15. The van der Waals surface area contributed by atoms with Gasteiger partial charge >= 0.3 is 0 Å². The van der Waals surface area contributed by atoms with Gasteiger partial charge in [-0.2, -0.15) is 0 Å². The molecule has 1 rings (SSSR count). The number of hydrogen-bond donors (Lipinski definition) is 2. The van der Waals surface area contributed by atoms with E-state index in [1.54, 1.807) is 13.1 Å². The average Bonchev–Trinajstić information content (AvgIpc) is 2.51. The van der Waals surface area contributed by atoms with E-state index in [-0.39, 0.29) is 23.7 Å². The zero-order valence-electron chi connectivity index (χ0n) is 9.90. The molecule has 0 spiro atoms. The van der Waals surface area contributed by atoms with Gasteiger partial charge in [-0.25, -0.2) is 4.98 Å². The minimum absolute atomic E-state index is 0. The highest BCUT2D eigenvalue weighted by Crippen LogP contribution is 2.29. The first-order chi connectivity index (χ1) is 6.80. The SMILES string of the molecule is CC(N)C(=O)Nc1ncc(C(C)(C)C)s1.Cl. The van der Waals surface area contributed by atoms with Crippen LogP contribution in [0.25, 0.3) is 0 Å². The van der Waals surface area contributed by atoms with Crippen LogP contribution >= 0.6 is 23.7 Å². The predicted octanol–water partition coefficient (Wildman–Crippen LogP) is 2.15. The fourth-order valence-electron chi connectivity index (χ4n) is 0.898. The first-order valence-electron chi connectivity index (χ1n) is 4.83. The molecule has 0 saturated heterocycles. The maximum absolute atomic E-state index is 11.3. The number of anilines is 1. The summed E-state index contributed by atoms with van der Waals surface area (Å²) in [5, 5.41) is 3.29. The lowest BCUT2D eigenvalue weighted by atomic mass is 9.96. The second kappa shape index (κ2) is 5.61. The Labute approximate surface area is 106 Å². The van der Waals surface area contributed by atoms with Gasteiger partial charge in [0.25, 0.3) is 0 Å². The number of carbonyl (C=O) groups excluding carboxylic acids is 1. The van der Waals surface area contributed by atoms with E-state index in [1.807, 2.05) is 0 Å². The maximum Gasteiger partial charge on any atom is 0.242 e.